The second kappa shape index (κ2) is 5.50. The number of aromatic nitrogens is 1. The first-order chi connectivity index (χ1) is 8.33. The van der Waals surface area contributed by atoms with Gasteiger partial charge >= 0.3 is 0 Å². The minimum Gasteiger partial charge on any atom is -0.398 e. The summed E-state index contributed by atoms with van der Waals surface area (Å²) in [6.07, 6.45) is 4.57. The second-order valence-electron chi connectivity index (χ2n) is 3.90. The maximum atomic E-state index is 5.93. The van der Waals surface area contributed by atoms with Crippen LogP contribution in [0.25, 0.3) is 10.8 Å². The SMILES string of the molecule is COCCCNc1ccc(N)c2ccncc12. The molecular formula is C13H17N3O. The smallest absolute Gasteiger partial charge is 0.0479 e. The lowest BCUT2D eigenvalue weighted by Crippen LogP contribution is -2.05. The van der Waals surface area contributed by atoms with E-state index in [1.165, 1.54) is 0 Å². The van der Waals surface area contributed by atoms with Gasteiger partial charge in [-0.1, -0.05) is 0 Å². The summed E-state index contributed by atoms with van der Waals surface area (Å²) in [5.41, 5.74) is 7.78. The first-order valence-electron chi connectivity index (χ1n) is 5.68. The largest absolute Gasteiger partial charge is 0.398 e. The lowest BCUT2D eigenvalue weighted by Gasteiger charge is -2.10. The van der Waals surface area contributed by atoms with Gasteiger partial charge in [-0.05, 0) is 24.6 Å². The minimum absolute atomic E-state index is 0.762. The van der Waals surface area contributed by atoms with Gasteiger partial charge in [-0.2, -0.15) is 0 Å². The van der Waals surface area contributed by atoms with Crippen molar-refractivity contribution in [2.75, 3.05) is 31.3 Å². The number of methoxy groups -OCH3 is 1. The van der Waals surface area contributed by atoms with E-state index in [0.29, 0.717) is 0 Å². The summed E-state index contributed by atoms with van der Waals surface area (Å²) < 4.78 is 5.01. The lowest BCUT2D eigenvalue weighted by molar-refractivity contribution is 0.198. The Hall–Kier alpha value is -1.81. The van der Waals surface area contributed by atoms with Crippen LogP contribution in [-0.4, -0.2) is 25.2 Å². The van der Waals surface area contributed by atoms with Crippen LogP contribution in [0.1, 0.15) is 6.42 Å². The molecule has 0 unspecified atom stereocenters. The molecule has 0 radical (unpaired) electrons. The Balaban J connectivity index is 2.20. The molecule has 2 aromatic rings. The molecule has 0 atom stereocenters. The minimum atomic E-state index is 0.762. The van der Waals surface area contributed by atoms with Crippen molar-refractivity contribution in [1.82, 2.24) is 4.98 Å². The summed E-state index contributed by atoms with van der Waals surface area (Å²) in [7, 11) is 1.71. The lowest BCUT2D eigenvalue weighted by atomic mass is 10.1. The van der Waals surface area contributed by atoms with Crippen LogP contribution in [0.5, 0.6) is 0 Å². The van der Waals surface area contributed by atoms with E-state index in [1.54, 1.807) is 13.3 Å². The quantitative estimate of drug-likeness (QED) is 0.612. The number of hydrogen-bond donors (Lipinski definition) is 2. The number of fused-ring (bicyclic) bond motifs is 1. The van der Waals surface area contributed by atoms with Crippen LogP contribution in [0, 0.1) is 0 Å². The predicted molar refractivity (Wildman–Crippen MR) is 71.1 cm³/mol. The molecule has 0 saturated carbocycles. The standard InChI is InChI=1S/C13H17N3O/c1-17-8-2-6-16-13-4-3-12(14)10-5-7-15-9-11(10)13/h3-5,7,9,16H,2,6,8,14H2,1H3. The fraction of sp³-hybridized carbons (Fsp3) is 0.308. The van der Waals surface area contributed by atoms with Crippen molar-refractivity contribution in [3.63, 3.8) is 0 Å². The van der Waals surface area contributed by atoms with Gasteiger partial charge in [0.25, 0.3) is 0 Å². The average molecular weight is 231 g/mol. The zero-order chi connectivity index (χ0) is 12.1. The van der Waals surface area contributed by atoms with Crippen molar-refractivity contribution in [2.45, 2.75) is 6.42 Å². The molecule has 0 amide bonds. The maximum Gasteiger partial charge on any atom is 0.0479 e. The van der Waals surface area contributed by atoms with Crippen molar-refractivity contribution in [3.05, 3.63) is 30.6 Å². The molecule has 2 rings (SSSR count). The van der Waals surface area contributed by atoms with Gasteiger partial charge in [0.2, 0.25) is 0 Å². The molecule has 3 N–H and O–H groups in total. The van der Waals surface area contributed by atoms with E-state index < -0.39 is 0 Å². The Morgan fingerprint density at radius 3 is 3.00 bits per heavy atom. The predicted octanol–water partition coefficient (Wildman–Crippen LogP) is 2.27. The average Bonchev–Trinajstić information content (AvgIpc) is 2.37. The highest BCUT2D eigenvalue weighted by Crippen LogP contribution is 2.27. The highest BCUT2D eigenvalue weighted by molar-refractivity contribution is 6.00. The summed E-state index contributed by atoms with van der Waals surface area (Å²) >= 11 is 0. The summed E-state index contributed by atoms with van der Waals surface area (Å²) in [5.74, 6) is 0. The van der Waals surface area contributed by atoms with E-state index >= 15 is 0 Å². The van der Waals surface area contributed by atoms with Crippen molar-refractivity contribution in [2.24, 2.45) is 0 Å². The fourth-order valence-electron chi connectivity index (χ4n) is 1.81. The molecule has 17 heavy (non-hydrogen) atoms. The summed E-state index contributed by atoms with van der Waals surface area (Å²) in [6, 6.07) is 5.85. The Kier molecular flexibility index (Phi) is 3.77. The third-order valence-corrected chi connectivity index (χ3v) is 2.69. The molecule has 0 aliphatic heterocycles. The van der Waals surface area contributed by atoms with Crippen molar-refractivity contribution in [3.8, 4) is 0 Å². The Bertz CT molecular complexity index is 499. The van der Waals surface area contributed by atoms with Crippen LogP contribution >= 0.6 is 0 Å². The van der Waals surface area contributed by atoms with Gasteiger partial charge in [-0.15, -0.1) is 0 Å². The van der Waals surface area contributed by atoms with Gasteiger partial charge in [0.1, 0.15) is 0 Å². The first-order valence-corrected chi connectivity index (χ1v) is 5.68. The Morgan fingerprint density at radius 2 is 2.18 bits per heavy atom. The zero-order valence-corrected chi connectivity index (χ0v) is 9.94. The van der Waals surface area contributed by atoms with Crippen LogP contribution in [0.4, 0.5) is 11.4 Å². The molecule has 4 heteroatoms. The summed E-state index contributed by atoms with van der Waals surface area (Å²) in [4.78, 5) is 4.14. The molecule has 90 valence electrons. The molecule has 4 nitrogen and oxygen atoms in total. The second-order valence-corrected chi connectivity index (χ2v) is 3.90. The molecular weight excluding hydrogens is 214 g/mol. The number of anilines is 2. The Labute approximate surface area is 101 Å². The fourth-order valence-corrected chi connectivity index (χ4v) is 1.81. The van der Waals surface area contributed by atoms with Crippen LogP contribution < -0.4 is 11.1 Å². The molecule has 1 heterocycles. The Morgan fingerprint density at radius 1 is 1.29 bits per heavy atom. The topological polar surface area (TPSA) is 60.2 Å². The van der Waals surface area contributed by atoms with Crippen molar-refractivity contribution < 1.29 is 4.74 Å². The van der Waals surface area contributed by atoms with E-state index in [9.17, 15) is 0 Å². The maximum absolute atomic E-state index is 5.93. The van der Waals surface area contributed by atoms with Crippen LogP contribution in [0.3, 0.4) is 0 Å². The van der Waals surface area contributed by atoms with Gasteiger partial charge in [-0.25, -0.2) is 0 Å². The first kappa shape index (κ1) is 11.7. The van der Waals surface area contributed by atoms with E-state index in [1.807, 2.05) is 24.4 Å². The molecule has 1 aromatic heterocycles. The molecule has 0 aliphatic carbocycles. The number of nitrogen functional groups attached to an aromatic ring is 1. The van der Waals surface area contributed by atoms with Crippen molar-refractivity contribution in [1.29, 1.82) is 0 Å². The number of nitrogens with two attached hydrogens (primary N) is 1. The van der Waals surface area contributed by atoms with Gasteiger partial charge in [0.05, 0.1) is 0 Å². The normalized spacial score (nSPS) is 10.6. The highest BCUT2D eigenvalue weighted by Gasteiger charge is 2.03. The molecule has 0 fully saturated rings. The number of ether oxygens (including phenoxy) is 1. The van der Waals surface area contributed by atoms with E-state index in [-0.39, 0.29) is 0 Å². The van der Waals surface area contributed by atoms with Crippen LogP contribution in [-0.2, 0) is 4.74 Å². The van der Waals surface area contributed by atoms with Gasteiger partial charge in [0, 0.05) is 54.8 Å². The van der Waals surface area contributed by atoms with Gasteiger partial charge in [0.15, 0.2) is 0 Å². The molecule has 0 bridgehead atoms. The number of benzene rings is 1. The molecule has 0 saturated heterocycles. The zero-order valence-electron chi connectivity index (χ0n) is 9.94. The molecule has 0 aliphatic rings. The highest BCUT2D eigenvalue weighted by atomic mass is 16.5. The third kappa shape index (κ3) is 2.65. The van der Waals surface area contributed by atoms with Crippen molar-refractivity contribution >= 4 is 22.1 Å². The number of rotatable bonds is 5. The van der Waals surface area contributed by atoms with E-state index in [0.717, 1.165) is 41.7 Å². The van der Waals surface area contributed by atoms with Crippen LogP contribution in [0.15, 0.2) is 30.6 Å². The molecule has 1 aromatic carbocycles. The third-order valence-electron chi connectivity index (χ3n) is 2.69. The van der Waals surface area contributed by atoms with Gasteiger partial charge < -0.3 is 15.8 Å². The number of hydrogen-bond acceptors (Lipinski definition) is 4. The van der Waals surface area contributed by atoms with Crippen LogP contribution in [0.2, 0.25) is 0 Å². The summed E-state index contributed by atoms with van der Waals surface area (Å²) in [6.45, 7) is 1.64. The molecule has 0 spiro atoms. The van der Waals surface area contributed by atoms with Gasteiger partial charge in [-0.3, -0.25) is 4.98 Å². The number of nitrogens with zero attached hydrogens (tertiary/aromatic N) is 1. The monoisotopic (exact) mass is 231 g/mol. The number of nitrogens with one attached hydrogen (secondary N) is 1. The number of pyridine rings is 1. The van der Waals surface area contributed by atoms with E-state index in [4.69, 9.17) is 10.5 Å². The van der Waals surface area contributed by atoms with E-state index in [2.05, 4.69) is 10.3 Å². The summed E-state index contributed by atoms with van der Waals surface area (Å²) in [5, 5.41) is 5.47.